The second kappa shape index (κ2) is 6.88. The minimum absolute atomic E-state index is 0. The Bertz CT molecular complexity index is 296. The average molecular weight is 290 g/mol. The number of halogens is 1. The number of ether oxygens (including phenoxy) is 1. The standard InChI is InChI=1S/C13H23N3O2.ClH/c17-13(12-2-1-9-18-12)16-7-5-15(6-8-16)11-3-4-14-10-11;/h11-12,14H,1-10H2;1H. The fraction of sp³-hybridized carbons (Fsp3) is 0.923. The molecular weight excluding hydrogens is 266 g/mol. The predicted molar refractivity (Wildman–Crippen MR) is 75.6 cm³/mol. The van der Waals surface area contributed by atoms with E-state index in [0.29, 0.717) is 6.04 Å². The van der Waals surface area contributed by atoms with E-state index in [4.69, 9.17) is 4.74 Å². The average Bonchev–Trinajstić information content (AvgIpc) is 3.11. The molecule has 3 aliphatic heterocycles. The smallest absolute Gasteiger partial charge is 0.251 e. The molecule has 3 saturated heterocycles. The maximum atomic E-state index is 12.2. The van der Waals surface area contributed by atoms with E-state index >= 15 is 0 Å². The highest BCUT2D eigenvalue weighted by Gasteiger charge is 2.32. The molecule has 2 atom stereocenters. The number of amides is 1. The van der Waals surface area contributed by atoms with Gasteiger partial charge < -0.3 is 15.0 Å². The van der Waals surface area contributed by atoms with Gasteiger partial charge in [-0.2, -0.15) is 0 Å². The summed E-state index contributed by atoms with van der Waals surface area (Å²) in [5.41, 5.74) is 0. The van der Waals surface area contributed by atoms with Gasteiger partial charge in [0.1, 0.15) is 6.10 Å². The molecule has 0 radical (unpaired) electrons. The van der Waals surface area contributed by atoms with Crippen molar-refractivity contribution in [1.29, 1.82) is 0 Å². The molecule has 0 bridgehead atoms. The highest BCUT2D eigenvalue weighted by molar-refractivity contribution is 5.85. The highest BCUT2D eigenvalue weighted by atomic mass is 35.5. The number of nitrogens with one attached hydrogen (secondary N) is 1. The van der Waals surface area contributed by atoms with E-state index in [1.54, 1.807) is 0 Å². The highest BCUT2D eigenvalue weighted by Crippen LogP contribution is 2.17. The monoisotopic (exact) mass is 289 g/mol. The van der Waals surface area contributed by atoms with E-state index in [0.717, 1.165) is 58.7 Å². The van der Waals surface area contributed by atoms with Crippen LogP contribution < -0.4 is 5.32 Å². The first-order chi connectivity index (χ1) is 8.84. The SMILES string of the molecule is Cl.O=C(C1CCCO1)N1CCN(C2CCNC2)CC1. The molecule has 19 heavy (non-hydrogen) atoms. The molecule has 0 aromatic heterocycles. The van der Waals surface area contributed by atoms with Crippen LogP contribution in [0.4, 0.5) is 0 Å². The van der Waals surface area contributed by atoms with Crippen molar-refractivity contribution in [3.05, 3.63) is 0 Å². The fourth-order valence-corrected chi connectivity index (χ4v) is 3.23. The number of rotatable bonds is 2. The number of carbonyl (C=O) groups is 1. The van der Waals surface area contributed by atoms with E-state index < -0.39 is 0 Å². The molecule has 3 aliphatic rings. The van der Waals surface area contributed by atoms with Crippen LogP contribution in [-0.2, 0) is 9.53 Å². The van der Waals surface area contributed by atoms with E-state index in [2.05, 4.69) is 10.2 Å². The zero-order valence-corrected chi connectivity index (χ0v) is 12.2. The summed E-state index contributed by atoms with van der Waals surface area (Å²) in [6.45, 7) is 6.78. The Labute approximate surface area is 121 Å². The van der Waals surface area contributed by atoms with E-state index in [9.17, 15) is 4.79 Å². The maximum Gasteiger partial charge on any atom is 0.251 e. The molecule has 1 N–H and O–H groups in total. The van der Waals surface area contributed by atoms with Gasteiger partial charge in [0.25, 0.3) is 5.91 Å². The summed E-state index contributed by atoms with van der Waals surface area (Å²) in [7, 11) is 0. The number of hydrogen-bond acceptors (Lipinski definition) is 4. The molecule has 2 unspecified atom stereocenters. The Morgan fingerprint density at radius 1 is 1.16 bits per heavy atom. The van der Waals surface area contributed by atoms with Gasteiger partial charge >= 0.3 is 0 Å². The maximum absolute atomic E-state index is 12.2. The first-order valence-electron chi connectivity index (χ1n) is 7.20. The van der Waals surface area contributed by atoms with Crippen molar-refractivity contribution in [2.45, 2.75) is 31.4 Å². The van der Waals surface area contributed by atoms with Crippen molar-refractivity contribution >= 4 is 18.3 Å². The summed E-state index contributed by atoms with van der Waals surface area (Å²) in [6, 6.07) is 0.685. The van der Waals surface area contributed by atoms with Gasteiger partial charge in [-0.3, -0.25) is 9.69 Å². The zero-order valence-electron chi connectivity index (χ0n) is 11.3. The van der Waals surface area contributed by atoms with E-state index in [-0.39, 0.29) is 24.4 Å². The Kier molecular flexibility index (Phi) is 5.45. The lowest BCUT2D eigenvalue weighted by molar-refractivity contribution is -0.143. The van der Waals surface area contributed by atoms with Gasteiger partial charge in [0.2, 0.25) is 0 Å². The molecule has 3 fully saturated rings. The largest absolute Gasteiger partial charge is 0.368 e. The predicted octanol–water partition coefficient (Wildman–Crippen LogP) is 0.0933. The Balaban J connectivity index is 0.00000133. The van der Waals surface area contributed by atoms with Gasteiger partial charge in [0.05, 0.1) is 0 Å². The summed E-state index contributed by atoms with van der Waals surface area (Å²) >= 11 is 0. The Morgan fingerprint density at radius 3 is 2.53 bits per heavy atom. The molecule has 0 aliphatic carbocycles. The van der Waals surface area contributed by atoms with Crippen molar-refractivity contribution in [3.63, 3.8) is 0 Å². The van der Waals surface area contributed by atoms with Gasteiger partial charge in [-0.05, 0) is 25.8 Å². The third-order valence-corrected chi connectivity index (χ3v) is 4.38. The first kappa shape index (κ1) is 15.0. The Morgan fingerprint density at radius 2 is 1.95 bits per heavy atom. The molecule has 0 spiro atoms. The first-order valence-corrected chi connectivity index (χ1v) is 7.20. The van der Waals surface area contributed by atoms with Crippen LogP contribution in [0.15, 0.2) is 0 Å². The number of hydrogen-bond donors (Lipinski definition) is 1. The van der Waals surface area contributed by atoms with Crippen LogP contribution in [0.2, 0.25) is 0 Å². The molecule has 0 aromatic rings. The van der Waals surface area contributed by atoms with Crippen LogP contribution in [-0.4, -0.2) is 73.7 Å². The van der Waals surface area contributed by atoms with Gasteiger partial charge in [0, 0.05) is 45.4 Å². The molecule has 110 valence electrons. The molecule has 0 aromatic carbocycles. The number of carbonyl (C=O) groups excluding carboxylic acids is 1. The second-order valence-electron chi connectivity index (χ2n) is 5.51. The molecule has 0 saturated carbocycles. The van der Waals surface area contributed by atoms with Crippen LogP contribution in [0.5, 0.6) is 0 Å². The zero-order chi connectivity index (χ0) is 12.4. The molecule has 1 amide bonds. The van der Waals surface area contributed by atoms with Crippen molar-refractivity contribution < 1.29 is 9.53 Å². The van der Waals surface area contributed by atoms with Crippen LogP contribution in [0.3, 0.4) is 0 Å². The normalized spacial score (nSPS) is 32.3. The molecule has 3 rings (SSSR count). The van der Waals surface area contributed by atoms with E-state index in [1.807, 2.05) is 4.90 Å². The minimum Gasteiger partial charge on any atom is -0.368 e. The number of piperazine rings is 1. The summed E-state index contributed by atoms with van der Waals surface area (Å²) in [4.78, 5) is 16.7. The third kappa shape index (κ3) is 3.40. The lowest BCUT2D eigenvalue weighted by atomic mass is 10.1. The lowest BCUT2D eigenvalue weighted by Crippen LogP contribution is -2.54. The molecule has 3 heterocycles. The quantitative estimate of drug-likeness (QED) is 0.783. The minimum atomic E-state index is -0.148. The van der Waals surface area contributed by atoms with Crippen LogP contribution in [0, 0.1) is 0 Å². The summed E-state index contributed by atoms with van der Waals surface area (Å²) in [5, 5.41) is 3.41. The van der Waals surface area contributed by atoms with E-state index in [1.165, 1.54) is 6.42 Å². The molecular formula is C13H24ClN3O2. The summed E-state index contributed by atoms with van der Waals surface area (Å²) in [5.74, 6) is 0.219. The van der Waals surface area contributed by atoms with Gasteiger partial charge in [-0.15, -0.1) is 12.4 Å². The van der Waals surface area contributed by atoms with Gasteiger partial charge in [-0.25, -0.2) is 0 Å². The van der Waals surface area contributed by atoms with Crippen LogP contribution in [0.25, 0.3) is 0 Å². The lowest BCUT2D eigenvalue weighted by Gasteiger charge is -2.38. The second-order valence-corrected chi connectivity index (χ2v) is 5.51. The van der Waals surface area contributed by atoms with Crippen molar-refractivity contribution in [2.75, 3.05) is 45.9 Å². The van der Waals surface area contributed by atoms with Crippen molar-refractivity contribution in [3.8, 4) is 0 Å². The third-order valence-electron chi connectivity index (χ3n) is 4.38. The van der Waals surface area contributed by atoms with Crippen LogP contribution in [0.1, 0.15) is 19.3 Å². The topological polar surface area (TPSA) is 44.8 Å². The fourth-order valence-electron chi connectivity index (χ4n) is 3.23. The summed E-state index contributed by atoms with van der Waals surface area (Å²) < 4.78 is 5.48. The van der Waals surface area contributed by atoms with Crippen molar-refractivity contribution in [2.24, 2.45) is 0 Å². The van der Waals surface area contributed by atoms with Crippen LogP contribution >= 0.6 is 12.4 Å². The Hall–Kier alpha value is -0.360. The molecule has 6 heteroatoms. The molecule has 5 nitrogen and oxygen atoms in total. The van der Waals surface area contributed by atoms with Gasteiger partial charge in [-0.1, -0.05) is 0 Å². The van der Waals surface area contributed by atoms with Crippen molar-refractivity contribution in [1.82, 2.24) is 15.1 Å². The number of nitrogens with zero attached hydrogens (tertiary/aromatic N) is 2. The summed E-state index contributed by atoms with van der Waals surface area (Å²) in [6.07, 6.45) is 3.04. The van der Waals surface area contributed by atoms with Gasteiger partial charge in [0.15, 0.2) is 0 Å².